The molecule has 0 radical (unpaired) electrons. The molecule has 0 saturated heterocycles. The molecule has 0 saturated carbocycles. The van der Waals surface area contributed by atoms with Crippen molar-refractivity contribution in [2.75, 3.05) is 26.0 Å². The topological polar surface area (TPSA) is 47.0 Å². The number of hydrogen-bond donors (Lipinski definition) is 1. The van der Waals surface area contributed by atoms with Crippen LogP contribution in [0.1, 0.15) is 25.8 Å². The molecule has 1 aromatic heterocycles. The molecule has 0 aliphatic heterocycles. The van der Waals surface area contributed by atoms with Crippen LogP contribution in [0.3, 0.4) is 0 Å². The third kappa shape index (κ3) is 6.93. The lowest BCUT2D eigenvalue weighted by Crippen LogP contribution is -2.18. The van der Waals surface area contributed by atoms with E-state index in [2.05, 4.69) is 29.1 Å². The summed E-state index contributed by atoms with van der Waals surface area (Å²) in [6.07, 6.45) is 4.99. The number of methoxy groups -OCH3 is 1. The van der Waals surface area contributed by atoms with Gasteiger partial charge in [0.1, 0.15) is 0 Å². The number of thioether (sulfide) groups is 1. The van der Waals surface area contributed by atoms with Crippen LogP contribution in [0.5, 0.6) is 0 Å². The average Bonchev–Trinajstić information content (AvgIpc) is 2.36. The molecule has 18 heavy (non-hydrogen) atoms. The summed E-state index contributed by atoms with van der Waals surface area (Å²) < 4.78 is 4.97. The van der Waals surface area contributed by atoms with Crippen LogP contribution in [0.2, 0.25) is 0 Å². The number of aromatic nitrogens is 2. The van der Waals surface area contributed by atoms with E-state index in [0.717, 1.165) is 42.1 Å². The van der Waals surface area contributed by atoms with Gasteiger partial charge in [0.25, 0.3) is 0 Å². The van der Waals surface area contributed by atoms with Crippen molar-refractivity contribution in [2.45, 2.75) is 32.0 Å². The van der Waals surface area contributed by atoms with Crippen molar-refractivity contribution in [1.29, 1.82) is 0 Å². The van der Waals surface area contributed by atoms with E-state index < -0.39 is 0 Å². The van der Waals surface area contributed by atoms with Gasteiger partial charge in [-0.3, -0.25) is 0 Å². The molecule has 102 valence electrons. The standard InChI is InChI=1S/C13H23N3OS/c1-11(2)4-7-18-13-15-9-12(10-16-13)8-14-5-6-17-3/h9-11,14H,4-8H2,1-3H3. The minimum absolute atomic E-state index is 0.726. The molecule has 0 unspecified atom stereocenters. The minimum Gasteiger partial charge on any atom is -0.383 e. The molecule has 1 aromatic rings. The van der Waals surface area contributed by atoms with Crippen LogP contribution >= 0.6 is 11.8 Å². The summed E-state index contributed by atoms with van der Waals surface area (Å²) in [6, 6.07) is 0. The summed E-state index contributed by atoms with van der Waals surface area (Å²) in [7, 11) is 1.70. The molecule has 0 fully saturated rings. The molecule has 0 aliphatic rings. The largest absolute Gasteiger partial charge is 0.383 e. The monoisotopic (exact) mass is 269 g/mol. The van der Waals surface area contributed by atoms with Crippen LogP contribution in [0.15, 0.2) is 17.6 Å². The van der Waals surface area contributed by atoms with Gasteiger partial charge in [0, 0.05) is 43.9 Å². The summed E-state index contributed by atoms with van der Waals surface area (Å²) in [4.78, 5) is 8.71. The van der Waals surface area contributed by atoms with Gasteiger partial charge in [-0.15, -0.1) is 0 Å². The smallest absolute Gasteiger partial charge is 0.187 e. The summed E-state index contributed by atoms with van der Waals surface area (Å²) >= 11 is 1.73. The third-order valence-electron chi connectivity index (χ3n) is 2.42. The van der Waals surface area contributed by atoms with Crippen LogP contribution in [0, 0.1) is 5.92 Å². The van der Waals surface area contributed by atoms with Gasteiger partial charge in [0.05, 0.1) is 6.61 Å². The van der Waals surface area contributed by atoms with Gasteiger partial charge in [-0.2, -0.15) is 0 Å². The lowest BCUT2D eigenvalue weighted by molar-refractivity contribution is 0.199. The summed E-state index contributed by atoms with van der Waals surface area (Å²) in [5, 5.41) is 4.14. The Hall–Kier alpha value is -0.650. The molecule has 0 spiro atoms. The van der Waals surface area contributed by atoms with E-state index in [0.29, 0.717) is 0 Å². The predicted molar refractivity (Wildman–Crippen MR) is 75.8 cm³/mol. The molecule has 5 heteroatoms. The fourth-order valence-corrected chi connectivity index (χ4v) is 2.33. The first-order valence-corrected chi connectivity index (χ1v) is 7.34. The van der Waals surface area contributed by atoms with Gasteiger partial charge in [0.2, 0.25) is 0 Å². The maximum atomic E-state index is 4.97. The van der Waals surface area contributed by atoms with Gasteiger partial charge in [0.15, 0.2) is 5.16 Å². The zero-order valence-corrected chi connectivity index (χ0v) is 12.3. The average molecular weight is 269 g/mol. The Morgan fingerprint density at radius 2 is 2.06 bits per heavy atom. The highest BCUT2D eigenvalue weighted by molar-refractivity contribution is 7.99. The molecule has 0 atom stereocenters. The Labute approximate surface area is 114 Å². The van der Waals surface area contributed by atoms with Gasteiger partial charge in [-0.1, -0.05) is 25.6 Å². The summed E-state index contributed by atoms with van der Waals surface area (Å²) in [5.41, 5.74) is 1.11. The van der Waals surface area contributed by atoms with Gasteiger partial charge in [-0.05, 0) is 12.3 Å². The van der Waals surface area contributed by atoms with Crippen molar-refractivity contribution >= 4 is 11.8 Å². The molecule has 1 heterocycles. The molecule has 4 nitrogen and oxygen atoms in total. The second kappa shape index (κ2) is 9.30. The van der Waals surface area contributed by atoms with Gasteiger partial charge >= 0.3 is 0 Å². The van der Waals surface area contributed by atoms with Crippen molar-refractivity contribution < 1.29 is 4.74 Å². The van der Waals surface area contributed by atoms with E-state index >= 15 is 0 Å². The number of rotatable bonds is 9. The molecular formula is C13H23N3OS. The van der Waals surface area contributed by atoms with E-state index in [1.165, 1.54) is 6.42 Å². The fraction of sp³-hybridized carbons (Fsp3) is 0.692. The van der Waals surface area contributed by atoms with E-state index in [-0.39, 0.29) is 0 Å². The van der Waals surface area contributed by atoms with Crippen LogP contribution in [-0.4, -0.2) is 36.0 Å². The van der Waals surface area contributed by atoms with E-state index in [9.17, 15) is 0 Å². The molecule has 0 amide bonds. The first-order valence-electron chi connectivity index (χ1n) is 6.35. The lowest BCUT2D eigenvalue weighted by Gasteiger charge is -2.05. The Balaban J connectivity index is 2.24. The van der Waals surface area contributed by atoms with Crippen molar-refractivity contribution in [3.05, 3.63) is 18.0 Å². The molecule has 0 aliphatic carbocycles. The van der Waals surface area contributed by atoms with Crippen molar-refractivity contribution in [1.82, 2.24) is 15.3 Å². The predicted octanol–water partition coefficient (Wildman–Crippen LogP) is 2.35. The van der Waals surface area contributed by atoms with E-state index in [4.69, 9.17) is 4.74 Å². The Morgan fingerprint density at radius 1 is 1.33 bits per heavy atom. The number of ether oxygens (including phenoxy) is 1. The second-order valence-corrected chi connectivity index (χ2v) is 5.64. The van der Waals surface area contributed by atoms with Crippen LogP contribution in [0.25, 0.3) is 0 Å². The summed E-state index contributed by atoms with van der Waals surface area (Å²) in [6.45, 7) is 6.83. The highest BCUT2D eigenvalue weighted by Gasteiger charge is 2.00. The first-order chi connectivity index (χ1) is 8.72. The first kappa shape index (κ1) is 15.4. The zero-order chi connectivity index (χ0) is 13.2. The zero-order valence-electron chi connectivity index (χ0n) is 11.5. The molecule has 1 N–H and O–H groups in total. The molecular weight excluding hydrogens is 246 g/mol. The lowest BCUT2D eigenvalue weighted by atomic mass is 10.2. The van der Waals surface area contributed by atoms with E-state index in [1.54, 1.807) is 18.9 Å². The quantitative estimate of drug-likeness (QED) is 0.423. The Kier molecular flexibility index (Phi) is 7.96. The van der Waals surface area contributed by atoms with Crippen LogP contribution < -0.4 is 5.32 Å². The van der Waals surface area contributed by atoms with E-state index in [1.807, 2.05) is 12.4 Å². The minimum atomic E-state index is 0.726. The molecule has 1 rings (SSSR count). The van der Waals surface area contributed by atoms with Crippen molar-refractivity contribution in [3.63, 3.8) is 0 Å². The Morgan fingerprint density at radius 3 is 2.67 bits per heavy atom. The number of nitrogens with zero attached hydrogens (tertiary/aromatic N) is 2. The molecule has 0 aromatic carbocycles. The normalized spacial score (nSPS) is 11.1. The van der Waals surface area contributed by atoms with Crippen molar-refractivity contribution in [2.24, 2.45) is 5.92 Å². The Bertz CT molecular complexity index is 317. The van der Waals surface area contributed by atoms with Gasteiger partial charge < -0.3 is 10.1 Å². The third-order valence-corrected chi connectivity index (χ3v) is 3.33. The highest BCUT2D eigenvalue weighted by Crippen LogP contribution is 2.15. The van der Waals surface area contributed by atoms with Crippen LogP contribution in [0.4, 0.5) is 0 Å². The second-order valence-electron chi connectivity index (χ2n) is 4.57. The fourth-order valence-electron chi connectivity index (χ4n) is 1.30. The molecule has 0 bridgehead atoms. The van der Waals surface area contributed by atoms with Gasteiger partial charge in [-0.25, -0.2) is 9.97 Å². The summed E-state index contributed by atoms with van der Waals surface area (Å²) in [5.74, 6) is 1.82. The maximum absolute atomic E-state index is 4.97. The SMILES string of the molecule is COCCNCc1cnc(SCCC(C)C)nc1. The maximum Gasteiger partial charge on any atom is 0.187 e. The number of nitrogens with one attached hydrogen (secondary N) is 1. The van der Waals surface area contributed by atoms with Crippen LogP contribution in [-0.2, 0) is 11.3 Å². The number of hydrogen-bond acceptors (Lipinski definition) is 5. The highest BCUT2D eigenvalue weighted by atomic mass is 32.2. The van der Waals surface area contributed by atoms with Crippen molar-refractivity contribution in [3.8, 4) is 0 Å².